The van der Waals surface area contributed by atoms with E-state index in [2.05, 4.69) is 28.9 Å². The van der Waals surface area contributed by atoms with E-state index in [1.807, 2.05) is 36.4 Å². The van der Waals surface area contributed by atoms with Gasteiger partial charge in [0.25, 0.3) is 0 Å². The summed E-state index contributed by atoms with van der Waals surface area (Å²) in [6, 6.07) is 8.20. The van der Waals surface area contributed by atoms with Crippen molar-refractivity contribution >= 4 is 40.7 Å². The number of hydrogen-bond donors (Lipinski definition) is 2. The molecule has 1 aliphatic carbocycles. The second kappa shape index (κ2) is 15.2. The summed E-state index contributed by atoms with van der Waals surface area (Å²) in [6.45, 7) is 2.20. The number of methoxy groups -OCH3 is 2. The maximum absolute atomic E-state index is 14.6. The van der Waals surface area contributed by atoms with Crippen LogP contribution in [-0.2, 0) is 34.2 Å². The van der Waals surface area contributed by atoms with Crippen LogP contribution in [0.25, 0.3) is 16.8 Å². The monoisotopic (exact) mass is 687 g/mol. The fourth-order valence-electron chi connectivity index (χ4n) is 7.64. The van der Waals surface area contributed by atoms with Gasteiger partial charge in [-0.25, -0.2) is 9.59 Å². The van der Waals surface area contributed by atoms with E-state index >= 15 is 0 Å². The number of rotatable bonds is 4. The van der Waals surface area contributed by atoms with E-state index in [4.69, 9.17) is 18.9 Å². The number of allylic oxidation sites excluding steroid dienone is 2. The molecular formula is C39H49N3O8. The zero-order valence-corrected chi connectivity index (χ0v) is 29.3. The predicted molar refractivity (Wildman–Crippen MR) is 188 cm³/mol. The molecular weight excluding hydrogens is 638 g/mol. The lowest BCUT2D eigenvalue weighted by molar-refractivity contribution is -0.150. The Labute approximate surface area is 293 Å². The first kappa shape index (κ1) is 35.4. The van der Waals surface area contributed by atoms with Gasteiger partial charge in [0.15, 0.2) is 0 Å². The number of nitrogens with one attached hydrogen (secondary N) is 2. The molecule has 0 radical (unpaired) electrons. The van der Waals surface area contributed by atoms with Crippen molar-refractivity contribution in [2.24, 2.45) is 5.92 Å². The van der Waals surface area contributed by atoms with Gasteiger partial charge in [-0.15, -0.1) is 0 Å². The molecule has 2 aromatic carbocycles. The van der Waals surface area contributed by atoms with E-state index in [9.17, 15) is 19.2 Å². The zero-order valence-electron chi connectivity index (χ0n) is 29.3. The minimum absolute atomic E-state index is 0.0673. The Morgan fingerprint density at radius 3 is 2.60 bits per heavy atom. The summed E-state index contributed by atoms with van der Waals surface area (Å²) in [6.07, 6.45) is 14.0. The van der Waals surface area contributed by atoms with Crippen molar-refractivity contribution in [3.63, 3.8) is 0 Å². The third kappa shape index (κ3) is 7.24. The number of amides is 3. The minimum Gasteiger partial charge on any atom is -0.496 e. The van der Waals surface area contributed by atoms with Gasteiger partial charge in [0.2, 0.25) is 11.8 Å². The summed E-state index contributed by atoms with van der Waals surface area (Å²) >= 11 is 0. The number of esters is 1. The van der Waals surface area contributed by atoms with Gasteiger partial charge >= 0.3 is 12.1 Å². The fourth-order valence-corrected chi connectivity index (χ4v) is 7.64. The van der Waals surface area contributed by atoms with Gasteiger partial charge < -0.3 is 34.5 Å². The molecule has 1 saturated carbocycles. The second-order valence-corrected chi connectivity index (χ2v) is 13.8. The lowest BCUT2D eigenvalue weighted by atomic mass is 9.88. The quantitative estimate of drug-likeness (QED) is 0.317. The summed E-state index contributed by atoms with van der Waals surface area (Å²) in [5.41, 5.74) is -0.522. The molecule has 11 nitrogen and oxygen atoms in total. The van der Waals surface area contributed by atoms with Crippen molar-refractivity contribution in [1.82, 2.24) is 15.5 Å². The molecule has 0 spiro atoms. The van der Waals surface area contributed by atoms with Crippen LogP contribution in [0.15, 0.2) is 48.6 Å². The molecule has 3 heterocycles. The molecule has 268 valence electrons. The molecule has 3 aliphatic heterocycles. The molecule has 2 fully saturated rings. The van der Waals surface area contributed by atoms with Crippen molar-refractivity contribution < 1.29 is 38.1 Å². The number of hydrogen-bond acceptors (Lipinski definition) is 8. The first-order valence-electron chi connectivity index (χ1n) is 18.0. The number of alkyl carbamates (subject to hydrolysis) is 1. The molecule has 1 saturated heterocycles. The molecule has 3 amide bonds. The van der Waals surface area contributed by atoms with Gasteiger partial charge in [0.05, 0.1) is 26.9 Å². The maximum atomic E-state index is 14.6. The van der Waals surface area contributed by atoms with Crippen molar-refractivity contribution in [2.75, 3.05) is 34.0 Å². The molecule has 0 unspecified atom stereocenters. The lowest BCUT2D eigenvalue weighted by Gasteiger charge is -2.31. The number of nitrogens with zero attached hydrogens (tertiary/aromatic N) is 1. The van der Waals surface area contributed by atoms with Crippen LogP contribution >= 0.6 is 0 Å². The van der Waals surface area contributed by atoms with Crippen LogP contribution in [0.1, 0.15) is 82.3 Å². The van der Waals surface area contributed by atoms with Gasteiger partial charge in [0.1, 0.15) is 29.0 Å². The Morgan fingerprint density at radius 2 is 1.80 bits per heavy atom. The summed E-state index contributed by atoms with van der Waals surface area (Å²) in [5, 5.41) is 7.80. The Morgan fingerprint density at radius 1 is 0.980 bits per heavy atom. The standard InChI is InChI=1S/C39H49N3O8/c1-4-49-36(45)39-23-30(39)15-11-6-5-7-12-16-31-35(44)42-25-38(48-3,24-32(42)34(43)41-39)29-18-17-26-22-33(47-2)27(20-28(26)21-29)14-10-8-9-13-19-50-37(46)40-31/h10-11,14-15,17-18,20-22,30-32H,4-9,12-13,16,19,23-25H2,1-3H3,(H,40,46)(H,41,43)/b14-10?,15-11-/t30-,31-,32-,38-,39+/m0/s1. The first-order valence-corrected chi connectivity index (χ1v) is 18.0. The maximum Gasteiger partial charge on any atom is 0.407 e. The Hall–Kier alpha value is -4.38. The fraction of sp³-hybridized carbons (Fsp3) is 0.538. The van der Waals surface area contributed by atoms with Crippen LogP contribution in [0.3, 0.4) is 0 Å². The molecule has 6 bridgehead atoms. The normalized spacial score (nSPS) is 29.8. The topological polar surface area (TPSA) is 132 Å². The highest BCUT2D eigenvalue weighted by molar-refractivity contribution is 5.97. The Kier molecular flexibility index (Phi) is 10.8. The van der Waals surface area contributed by atoms with Crippen molar-refractivity contribution in [3.8, 4) is 5.75 Å². The van der Waals surface area contributed by atoms with Crippen LogP contribution in [-0.4, -0.2) is 80.4 Å². The summed E-state index contributed by atoms with van der Waals surface area (Å²) in [4.78, 5) is 56.9. The van der Waals surface area contributed by atoms with Gasteiger partial charge in [-0.3, -0.25) is 9.59 Å². The smallest absolute Gasteiger partial charge is 0.407 e. The Balaban J connectivity index is 1.44. The number of ether oxygens (including phenoxy) is 4. The third-order valence-electron chi connectivity index (χ3n) is 10.6. The van der Waals surface area contributed by atoms with Crippen LogP contribution in [0.4, 0.5) is 4.79 Å². The average molecular weight is 688 g/mol. The molecule has 6 rings (SSSR count). The largest absolute Gasteiger partial charge is 0.496 e. The lowest BCUT2D eigenvalue weighted by Crippen LogP contribution is -2.56. The van der Waals surface area contributed by atoms with E-state index in [1.54, 1.807) is 21.1 Å². The number of carbonyl (C=O) groups is 4. The Bertz CT molecular complexity index is 1670. The van der Waals surface area contributed by atoms with E-state index in [-0.39, 0.29) is 38.0 Å². The highest BCUT2D eigenvalue weighted by atomic mass is 16.5. The molecule has 4 aliphatic rings. The van der Waals surface area contributed by atoms with Crippen LogP contribution < -0.4 is 15.4 Å². The number of cyclic esters (lactones) is 1. The number of benzene rings is 2. The van der Waals surface area contributed by atoms with Gasteiger partial charge in [-0.2, -0.15) is 0 Å². The predicted octanol–water partition coefficient (Wildman–Crippen LogP) is 5.54. The summed E-state index contributed by atoms with van der Waals surface area (Å²) in [7, 11) is 3.24. The van der Waals surface area contributed by atoms with Crippen molar-refractivity contribution in [1.29, 1.82) is 0 Å². The van der Waals surface area contributed by atoms with Crippen molar-refractivity contribution in [3.05, 3.63) is 59.7 Å². The van der Waals surface area contributed by atoms with Crippen LogP contribution in [0.2, 0.25) is 0 Å². The highest BCUT2D eigenvalue weighted by Gasteiger charge is 2.63. The van der Waals surface area contributed by atoms with Gasteiger partial charge in [-0.1, -0.05) is 49.3 Å². The average Bonchev–Trinajstić information content (AvgIpc) is 3.66. The minimum atomic E-state index is -1.20. The number of carbonyl (C=O) groups excluding carboxylic acids is 4. The number of fused-ring (bicyclic) bond motifs is 6. The van der Waals surface area contributed by atoms with Gasteiger partial charge in [0, 0.05) is 25.0 Å². The van der Waals surface area contributed by atoms with Crippen LogP contribution in [0, 0.1) is 5.92 Å². The molecule has 5 atom stereocenters. The summed E-state index contributed by atoms with van der Waals surface area (Å²) < 4.78 is 23.0. The van der Waals surface area contributed by atoms with E-state index in [0.717, 1.165) is 59.8 Å². The molecule has 2 aromatic rings. The van der Waals surface area contributed by atoms with E-state index in [0.29, 0.717) is 25.7 Å². The molecule has 11 heteroatoms. The SMILES string of the molecule is CCOC(=O)[C@@]12C[C@@H]1/C=C\CCCCC[C@@H]1NC(=O)OCCCCC=Cc3cc4cc(ccc4cc3OC)[C@]3(OC)C[C@@H](C(=O)N2)N(C3)C1=O. The van der Waals surface area contributed by atoms with Gasteiger partial charge in [-0.05, 0) is 86.4 Å². The van der Waals surface area contributed by atoms with E-state index < -0.39 is 41.2 Å². The highest BCUT2D eigenvalue weighted by Crippen LogP contribution is 2.47. The van der Waals surface area contributed by atoms with Crippen LogP contribution in [0.5, 0.6) is 5.75 Å². The zero-order chi connectivity index (χ0) is 35.3. The molecule has 50 heavy (non-hydrogen) atoms. The molecule has 2 N–H and O–H groups in total. The third-order valence-corrected chi connectivity index (χ3v) is 10.6. The van der Waals surface area contributed by atoms with E-state index in [1.165, 1.54) is 4.90 Å². The summed E-state index contributed by atoms with van der Waals surface area (Å²) in [5.74, 6) is -0.784. The molecule has 0 aromatic heterocycles. The second-order valence-electron chi connectivity index (χ2n) is 13.8. The first-order chi connectivity index (χ1) is 24.2. The van der Waals surface area contributed by atoms with Crippen molar-refractivity contribution in [2.45, 2.75) is 94.4 Å².